The number of benzene rings is 7. The highest BCUT2D eigenvalue weighted by Gasteiger charge is 2.21. The molecule has 0 aliphatic carbocycles. The normalized spacial score (nSPS) is 11.9. The van der Waals surface area contributed by atoms with Crippen molar-refractivity contribution >= 4 is 75.3 Å². The average Bonchev–Trinajstić information content (AvgIpc) is 3.87. The molecule has 0 fully saturated rings. The van der Waals surface area contributed by atoms with Crippen LogP contribution in [0.3, 0.4) is 0 Å². The summed E-state index contributed by atoms with van der Waals surface area (Å²) in [5.74, 6) is 1.88. The van der Waals surface area contributed by atoms with Crippen LogP contribution in [0.2, 0.25) is 0 Å². The van der Waals surface area contributed by atoms with Gasteiger partial charge in [0.25, 0.3) is 0 Å². The van der Waals surface area contributed by atoms with Crippen molar-refractivity contribution in [3.8, 4) is 39.9 Å². The zero-order chi connectivity index (χ0) is 33.5. The molecule has 0 atom stereocenters. The van der Waals surface area contributed by atoms with Crippen molar-refractivity contribution in [2.24, 2.45) is 0 Å². The van der Waals surface area contributed by atoms with Crippen LogP contribution in [-0.2, 0) is 0 Å². The SMILES string of the molecule is c1ccc(-c2nc(-c3ccccc3)nc(-c3cccc4oc5ccc6c7ccc(-n8c9ccccc9c9ccccc98)cc7sc6c5c34)n2)cc1. The summed E-state index contributed by atoms with van der Waals surface area (Å²) in [5.41, 5.74) is 8.00. The smallest absolute Gasteiger partial charge is 0.164 e. The van der Waals surface area contributed by atoms with Crippen molar-refractivity contribution in [1.29, 1.82) is 0 Å². The van der Waals surface area contributed by atoms with E-state index in [1.165, 1.54) is 42.0 Å². The number of rotatable bonds is 4. The van der Waals surface area contributed by atoms with Crippen molar-refractivity contribution in [3.63, 3.8) is 0 Å². The van der Waals surface area contributed by atoms with Crippen molar-refractivity contribution in [3.05, 3.63) is 158 Å². The highest BCUT2D eigenvalue weighted by atomic mass is 32.1. The van der Waals surface area contributed by atoms with Crippen molar-refractivity contribution in [1.82, 2.24) is 19.5 Å². The van der Waals surface area contributed by atoms with Crippen LogP contribution in [0.4, 0.5) is 0 Å². The maximum Gasteiger partial charge on any atom is 0.164 e. The molecule has 0 spiro atoms. The first-order chi connectivity index (χ1) is 25.3. The summed E-state index contributed by atoms with van der Waals surface area (Å²) in [7, 11) is 0. The largest absolute Gasteiger partial charge is 0.456 e. The second-order valence-electron chi connectivity index (χ2n) is 12.8. The van der Waals surface area contributed by atoms with Crippen molar-refractivity contribution in [2.75, 3.05) is 0 Å². The van der Waals surface area contributed by atoms with Gasteiger partial charge in [0.05, 0.1) is 11.0 Å². The maximum absolute atomic E-state index is 6.56. The second kappa shape index (κ2) is 10.9. The fourth-order valence-corrected chi connectivity index (χ4v) is 8.86. The van der Waals surface area contributed by atoms with Gasteiger partial charge in [0.2, 0.25) is 0 Å². The molecule has 11 aromatic rings. The van der Waals surface area contributed by atoms with E-state index >= 15 is 0 Å². The molecule has 4 aromatic heterocycles. The topological polar surface area (TPSA) is 56.7 Å². The lowest BCUT2D eigenvalue weighted by Crippen LogP contribution is -2.00. The summed E-state index contributed by atoms with van der Waals surface area (Å²) >= 11 is 1.81. The van der Waals surface area contributed by atoms with Crippen LogP contribution < -0.4 is 0 Å². The van der Waals surface area contributed by atoms with Crippen molar-refractivity contribution < 1.29 is 4.42 Å². The second-order valence-corrected chi connectivity index (χ2v) is 13.8. The van der Waals surface area contributed by atoms with Gasteiger partial charge in [-0.05, 0) is 42.5 Å². The van der Waals surface area contributed by atoms with Gasteiger partial charge in [-0.15, -0.1) is 11.3 Å². The molecule has 0 N–H and O–H groups in total. The third kappa shape index (κ3) is 4.30. The van der Waals surface area contributed by atoms with Gasteiger partial charge in [-0.1, -0.05) is 115 Å². The number of hydrogen-bond donors (Lipinski definition) is 0. The monoisotopic (exact) mass is 670 g/mol. The van der Waals surface area contributed by atoms with E-state index in [2.05, 4.69) is 89.5 Å². The molecular weight excluding hydrogens is 645 g/mol. The third-order valence-electron chi connectivity index (χ3n) is 9.86. The molecule has 7 aromatic carbocycles. The summed E-state index contributed by atoms with van der Waals surface area (Å²) in [4.78, 5) is 15.1. The van der Waals surface area contributed by atoms with Gasteiger partial charge in [-0.25, -0.2) is 15.0 Å². The predicted molar refractivity (Wildman–Crippen MR) is 211 cm³/mol. The lowest BCUT2D eigenvalue weighted by Gasteiger charge is -2.09. The Labute approximate surface area is 295 Å². The summed E-state index contributed by atoms with van der Waals surface area (Å²) in [5, 5.41) is 7.04. The van der Waals surface area contributed by atoms with E-state index in [9.17, 15) is 0 Å². The van der Waals surface area contributed by atoms with Crippen LogP contribution in [0.25, 0.3) is 104 Å². The van der Waals surface area contributed by atoms with Gasteiger partial charge < -0.3 is 8.98 Å². The summed E-state index contributed by atoms with van der Waals surface area (Å²) in [6, 6.07) is 54.8. The molecule has 51 heavy (non-hydrogen) atoms. The van der Waals surface area contributed by atoms with Crippen LogP contribution in [0.5, 0.6) is 0 Å². The maximum atomic E-state index is 6.56. The summed E-state index contributed by atoms with van der Waals surface area (Å²) in [6.07, 6.45) is 0. The Bertz CT molecular complexity index is 3030. The number of aromatic nitrogens is 4. The molecule has 11 rings (SSSR count). The quantitative estimate of drug-likeness (QED) is 0.187. The standard InChI is InChI=1S/C45H26N4OS/c1-3-12-27(13-4-1)43-46-44(28-14-5-2-6-15-28)48-45(47-43)34-18-11-21-37-40(34)41-38(50-37)25-24-33-32-23-22-29(26-39(32)51-42(33)41)49-35-19-9-7-16-30(35)31-17-8-10-20-36(31)49/h1-26H. The molecule has 6 heteroatoms. The third-order valence-corrected chi connectivity index (χ3v) is 11.0. The molecule has 4 heterocycles. The molecule has 5 nitrogen and oxygen atoms in total. The lowest BCUT2D eigenvalue weighted by atomic mass is 10.0. The predicted octanol–water partition coefficient (Wildman–Crippen LogP) is 12.2. The van der Waals surface area contributed by atoms with Crippen molar-refractivity contribution in [2.45, 2.75) is 0 Å². The van der Waals surface area contributed by atoms with Crippen LogP contribution in [0, 0.1) is 0 Å². The van der Waals surface area contributed by atoms with E-state index in [1.807, 2.05) is 84.1 Å². The minimum Gasteiger partial charge on any atom is -0.456 e. The molecule has 0 saturated heterocycles. The first kappa shape index (κ1) is 28.2. The molecule has 0 aliphatic rings. The fourth-order valence-electron chi connectivity index (χ4n) is 7.58. The number of furan rings is 1. The molecule has 0 unspecified atom stereocenters. The summed E-state index contributed by atoms with van der Waals surface area (Å²) in [6.45, 7) is 0. The minimum absolute atomic E-state index is 0.614. The van der Waals surface area contributed by atoms with Gasteiger partial charge in [0, 0.05) is 64.1 Å². The van der Waals surface area contributed by atoms with E-state index in [0.29, 0.717) is 17.5 Å². The van der Waals surface area contributed by atoms with Gasteiger partial charge in [0.1, 0.15) is 11.2 Å². The van der Waals surface area contributed by atoms with Gasteiger partial charge in [-0.3, -0.25) is 0 Å². The van der Waals surface area contributed by atoms with Gasteiger partial charge in [-0.2, -0.15) is 0 Å². The van der Waals surface area contributed by atoms with Crippen LogP contribution in [-0.4, -0.2) is 19.5 Å². The Morgan fingerprint density at radius 1 is 0.451 bits per heavy atom. The van der Waals surface area contributed by atoms with Crippen LogP contribution in [0.15, 0.2) is 162 Å². The van der Waals surface area contributed by atoms with Crippen LogP contribution >= 0.6 is 11.3 Å². The first-order valence-electron chi connectivity index (χ1n) is 16.9. The Balaban J connectivity index is 1.16. The number of thiophene rings is 1. The lowest BCUT2D eigenvalue weighted by molar-refractivity contribution is 0.669. The Hall–Kier alpha value is -6.63. The van der Waals surface area contributed by atoms with Gasteiger partial charge in [0.15, 0.2) is 17.5 Å². The van der Waals surface area contributed by atoms with Crippen LogP contribution in [0.1, 0.15) is 0 Å². The molecule has 0 bridgehead atoms. The number of para-hydroxylation sites is 2. The Morgan fingerprint density at radius 2 is 1.04 bits per heavy atom. The van der Waals surface area contributed by atoms with E-state index < -0.39 is 0 Å². The number of fused-ring (bicyclic) bond motifs is 10. The Kier molecular flexibility index (Phi) is 6.05. The zero-order valence-corrected chi connectivity index (χ0v) is 27.9. The average molecular weight is 671 g/mol. The van der Waals surface area contributed by atoms with E-state index in [0.717, 1.165) is 44.3 Å². The first-order valence-corrected chi connectivity index (χ1v) is 17.8. The fraction of sp³-hybridized carbons (Fsp3) is 0. The highest BCUT2D eigenvalue weighted by Crippen LogP contribution is 2.45. The zero-order valence-electron chi connectivity index (χ0n) is 27.1. The number of hydrogen-bond acceptors (Lipinski definition) is 5. The molecule has 0 saturated carbocycles. The molecule has 0 aliphatic heterocycles. The molecule has 0 amide bonds. The number of nitrogens with zero attached hydrogens (tertiary/aromatic N) is 4. The minimum atomic E-state index is 0.614. The molecular formula is C45H26N4OS. The van der Waals surface area contributed by atoms with E-state index in [1.54, 1.807) is 0 Å². The molecule has 0 radical (unpaired) electrons. The van der Waals surface area contributed by atoms with E-state index in [4.69, 9.17) is 19.4 Å². The molecule has 238 valence electrons. The Morgan fingerprint density at radius 3 is 1.73 bits per heavy atom. The van der Waals surface area contributed by atoms with E-state index in [-0.39, 0.29) is 0 Å². The summed E-state index contributed by atoms with van der Waals surface area (Å²) < 4.78 is 11.4. The van der Waals surface area contributed by atoms with Gasteiger partial charge >= 0.3 is 0 Å². The highest BCUT2D eigenvalue weighted by molar-refractivity contribution is 7.26.